The van der Waals surface area contributed by atoms with E-state index in [4.69, 9.17) is 9.47 Å². The summed E-state index contributed by atoms with van der Waals surface area (Å²) >= 11 is 0. The minimum Gasteiger partial charge on any atom is -0.493 e. The quantitative estimate of drug-likeness (QED) is 0.288. The molecular weight excluding hydrogens is 616 g/mol. The Bertz CT molecular complexity index is 1800. The molecule has 0 spiro atoms. The van der Waals surface area contributed by atoms with Crippen LogP contribution in [0.15, 0.2) is 59.5 Å². The monoisotopic (exact) mass is 656 g/mol. The van der Waals surface area contributed by atoms with E-state index in [1.165, 1.54) is 7.11 Å². The maximum atomic E-state index is 13.7. The predicted molar refractivity (Wildman–Crippen MR) is 176 cm³/mol. The molecule has 3 heterocycles. The van der Waals surface area contributed by atoms with Crippen LogP contribution in [0.4, 0.5) is 0 Å². The zero-order chi connectivity index (χ0) is 34.0. The van der Waals surface area contributed by atoms with Gasteiger partial charge in [0.05, 0.1) is 31.4 Å². The molecule has 0 radical (unpaired) electrons. The Morgan fingerprint density at radius 1 is 1.04 bits per heavy atom. The van der Waals surface area contributed by atoms with Gasteiger partial charge in [0.1, 0.15) is 11.9 Å². The van der Waals surface area contributed by atoms with Gasteiger partial charge in [0.2, 0.25) is 11.8 Å². The second kappa shape index (κ2) is 15.8. The van der Waals surface area contributed by atoms with Crippen LogP contribution in [-0.2, 0) is 35.4 Å². The number of nitrogens with one attached hydrogen (secondary N) is 3. The van der Waals surface area contributed by atoms with Crippen molar-refractivity contribution in [3.63, 3.8) is 0 Å². The first-order valence-electron chi connectivity index (χ1n) is 15.9. The van der Waals surface area contributed by atoms with Gasteiger partial charge in [-0.15, -0.1) is 5.10 Å². The van der Waals surface area contributed by atoms with E-state index in [0.717, 1.165) is 5.56 Å². The number of para-hydroxylation sites is 1. The Hall–Kier alpha value is -5.53. The van der Waals surface area contributed by atoms with Gasteiger partial charge in [-0.1, -0.05) is 41.6 Å². The van der Waals surface area contributed by atoms with Crippen LogP contribution in [0.3, 0.4) is 0 Å². The molecule has 1 aliphatic heterocycles. The van der Waals surface area contributed by atoms with E-state index in [-0.39, 0.29) is 61.9 Å². The minimum absolute atomic E-state index is 0.105. The van der Waals surface area contributed by atoms with Gasteiger partial charge >= 0.3 is 0 Å². The normalized spacial score (nSPS) is 16.3. The number of fused-ring (bicyclic) bond motifs is 3. The maximum Gasteiger partial charge on any atom is 0.255 e. The van der Waals surface area contributed by atoms with Crippen LogP contribution in [0.1, 0.15) is 45.1 Å². The Morgan fingerprint density at radius 3 is 2.62 bits per heavy atom. The maximum absolute atomic E-state index is 13.7. The standard InChI is InChI=1S/C34H40N8O6/c1-22-27(33(45)37-23(2)36-22)20-30(43)41-16-13-25-21-42(40-39-25)15-8-18-48-31-26(11-7-12-29(31)47-3)32(44)38-28(34(46)35-14-17-41)19-24-9-5-4-6-10-24/h4-7,9-12,21,28H,8,13-20H2,1-3H3,(H,35,46)(H,38,44)(H,36,37,45)/t28-/m0/s1. The van der Waals surface area contributed by atoms with Crippen molar-refractivity contribution in [3.05, 3.63) is 99.0 Å². The summed E-state index contributed by atoms with van der Waals surface area (Å²) in [6.45, 7) is 4.70. The molecule has 14 nitrogen and oxygen atoms in total. The first-order chi connectivity index (χ1) is 23.2. The van der Waals surface area contributed by atoms with Gasteiger partial charge < -0.3 is 30.0 Å². The van der Waals surface area contributed by atoms with E-state index < -0.39 is 17.9 Å². The first-order valence-corrected chi connectivity index (χ1v) is 15.9. The van der Waals surface area contributed by atoms with E-state index >= 15 is 0 Å². The third-order valence-electron chi connectivity index (χ3n) is 8.05. The molecule has 252 valence electrons. The lowest BCUT2D eigenvalue weighted by atomic mass is 10.0. The number of methoxy groups -OCH3 is 1. The zero-order valence-corrected chi connectivity index (χ0v) is 27.3. The second-order valence-corrected chi connectivity index (χ2v) is 11.5. The molecule has 14 heteroatoms. The van der Waals surface area contributed by atoms with Gasteiger partial charge in [0, 0.05) is 62.9 Å². The molecule has 0 saturated carbocycles. The van der Waals surface area contributed by atoms with E-state index in [9.17, 15) is 19.2 Å². The number of carbonyl (C=O) groups excluding carboxylic acids is 3. The van der Waals surface area contributed by atoms with Crippen molar-refractivity contribution in [3.8, 4) is 11.5 Å². The minimum atomic E-state index is -0.931. The number of aryl methyl sites for hydroxylation is 3. The average Bonchev–Trinajstić information content (AvgIpc) is 3.53. The van der Waals surface area contributed by atoms with Crippen LogP contribution in [-0.4, -0.2) is 87.0 Å². The molecule has 3 N–H and O–H groups in total. The molecule has 2 aromatic heterocycles. The molecule has 2 bridgehead atoms. The smallest absolute Gasteiger partial charge is 0.255 e. The molecule has 1 atom stereocenters. The fourth-order valence-electron chi connectivity index (χ4n) is 5.53. The third-order valence-corrected chi connectivity index (χ3v) is 8.05. The largest absolute Gasteiger partial charge is 0.493 e. The number of carbonyl (C=O) groups is 3. The highest BCUT2D eigenvalue weighted by atomic mass is 16.5. The fourth-order valence-corrected chi connectivity index (χ4v) is 5.53. The Labute approximate surface area is 277 Å². The van der Waals surface area contributed by atoms with Crippen LogP contribution in [0.25, 0.3) is 0 Å². The van der Waals surface area contributed by atoms with Gasteiger partial charge in [-0.3, -0.25) is 23.9 Å². The molecule has 48 heavy (non-hydrogen) atoms. The van der Waals surface area contributed by atoms with Crippen molar-refractivity contribution in [1.82, 2.24) is 40.5 Å². The van der Waals surface area contributed by atoms with Crippen LogP contribution in [0.2, 0.25) is 0 Å². The van der Waals surface area contributed by atoms with Crippen LogP contribution >= 0.6 is 0 Å². The summed E-state index contributed by atoms with van der Waals surface area (Å²) in [7, 11) is 1.50. The highest BCUT2D eigenvalue weighted by molar-refractivity contribution is 6.00. The van der Waals surface area contributed by atoms with Crippen molar-refractivity contribution in [1.29, 1.82) is 0 Å². The summed E-state index contributed by atoms with van der Waals surface area (Å²) in [6, 6.07) is 13.5. The van der Waals surface area contributed by atoms with Crippen LogP contribution in [0, 0.1) is 13.8 Å². The number of benzene rings is 2. The van der Waals surface area contributed by atoms with Gasteiger partial charge in [-0.25, -0.2) is 4.98 Å². The summed E-state index contributed by atoms with van der Waals surface area (Å²) in [6.07, 6.45) is 2.87. The van der Waals surface area contributed by atoms with Gasteiger partial charge in [-0.05, 0) is 31.5 Å². The lowest BCUT2D eigenvalue weighted by molar-refractivity contribution is -0.131. The molecule has 0 aliphatic carbocycles. The molecule has 0 saturated heterocycles. The van der Waals surface area contributed by atoms with Crippen molar-refractivity contribution < 1.29 is 23.9 Å². The summed E-state index contributed by atoms with van der Waals surface area (Å²) in [4.78, 5) is 62.2. The number of aromatic amines is 1. The van der Waals surface area contributed by atoms with Crippen molar-refractivity contribution in [2.45, 2.75) is 52.1 Å². The number of nitrogens with zero attached hydrogens (tertiary/aromatic N) is 5. The van der Waals surface area contributed by atoms with Gasteiger partial charge in [0.25, 0.3) is 11.5 Å². The van der Waals surface area contributed by atoms with Crippen LogP contribution < -0.4 is 25.7 Å². The van der Waals surface area contributed by atoms with Crippen LogP contribution in [0.5, 0.6) is 11.5 Å². The number of aromatic nitrogens is 5. The lowest BCUT2D eigenvalue weighted by Crippen LogP contribution is -2.50. The fraction of sp³-hybridized carbons (Fsp3) is 0.382. The SMILES string of the molecule is COc1cccc2c1OCCCn1cc(nn1)CCN(C(=O)Cc1c(C)nc(C)[nH]c1=O)CCNC(=O)[C@H](Cc1ccccc1)NC2=O. The van der Waals surface area contributed by atoms with E-state index in [1.54, 1.807) is 41.6 Å². The Kier molecular flexibility index (Phi) is 11.2. The third kappa shape index (κ3) is 8.63. The number of rotatable bonds is 5. The molecule has 2 aromatic carbocycles. The van der Waals surface area contributed by atoms with Crippen molar-refractivity contribution in [2.24, 2.45) is 0 Å². The predicted octanol–water partition coefficient (Wildman–Crippen LogP) is 1.54. The molecule has 0 unspecified atom stereocenters. The highest BCUT2D eigenvalue weighted by Crippen LogP contribution is 2.31. The van der Waals surface area contributed by atoms with Crippen molar-refractivity contribution in [2.75, 3.05) is 33.4 Å². The number of hydrogen-bond acceptors (Lipinski definition) is 9. The summed E-state index contributed by atoms with van der Waals surface area (Å²) in [5, 5.41) is 14.3. The van der Waals surface area contributed by atoms with Crippen molar-refractivity contribution >= 4 is 17.7 Å². The number of amides is 3. The van der Waals surface area contributed by atoms with E-state index in [0.29, 0.717) is 47.9 Å². The summed E-state index contributed by atoms with van der Waals surface area (Å²) in [5.41, 5.74) is 2.20. The molecule has 0 fully saturated rings. The highest BCUT2D eigenvalue weighted by Gasteiger charge is 2.26. The zero-order valence-electron chi connectivity index (χ0n) is 27.3. The number of ether oxygens (including phenoxy) is 2. The average molecular weight is 657 g/mol. The molecule has 1 aliphatic rings. The summed E-state index contributed by atoms with van der Waals surface area (Å²) < 4.78 is 13.3. The lowest BCUT2D eigenvalue weighted by Gasteiger charge is -2.24. The van der Waals surface area contributed by atoms with E-state index in [1.807, 2.05) is 36.5 Å². The van der Waals surface area contributed by atoms with E-state index in [2.05, 4.69) is 30.9 Å². The molecule has 3 amide bonds. The Balaban J connectivity index is 1.41. The Morgan fingerprint density at radius 2 is 1.85 bits per heavy atom. The molecular formula is C34H40N8O6. The van der Waals surface area contributed by atoms with Gasteiger partial charge in [-0.2, -0.15) is 0 Å². The number of hydrogen-bond donors (Lipinski definition) is 3. The number of H-pyrrole nitrogens is 1. The molecule has 5 rings (SSSR count). The van der Waals surface area contributed by atoms with Gasteiger partial charge in [0.15, 0.2) is 11.5 Å². The second-order valence-electron chi connectivity index (χ2n) is 11.5. The topological polar surface area (TPSA) is 173 Å². The summed E-state index contributed by atoms with van der Waals surface area (Å²) in [5.74, 6) is -0.0648. The first kappa shape index (κ1) is 33.8. The molecule has 4 aromatic rings.